The van der Waals surface area contributed by atoms with Crippen LogP contribution in [0, 0.1) is 0 Å². The number of benzene rings is 1. The van der Waals surface area contributed by atoms with Gasteiger partial charge in [-0.05, 0) is 37.8 Å². The van der Waals surface area contributed by atoms with E-state index in [1.54, 1.807) is 0 Å². The SMILES string of the molecule is Cl.O=C(N[C@H]1CCCNC1)C1(c2ccccc2)CC1. The van der Waals surface area contributed by atoms with Gasteiger partial charge in [-0.15, -0.1) is 12.4 Å². The summed E-state index contributed by atoms with van der Waals surface area (Å²) in [5, 5.41) is 6.56. The minimum atomic E-state index is -0.224. The Labute approximate surface area is 120 Å². The summed E-state index contributed by atoms with van der Waals surface area (Å²) in [6, 6.07) is 10.5. The van der Waals surface area contributed by atoms with Gasteiger partial charge in [0.05, 0.1) is 5.41 Å². The third-order valence-corrected chi connectivity index (χ3v) is 4.14. The van der Waals surface area contributed by atoms with Crippen LogP contribution in [-0.2, 0) is 10.2 Å². The number of rotatable bonds is 3. The maximum Gasteiger partial charge on any atom is 0.230 e. The molecular formula is C15H21ClN2O. The molecular weight excluding hydrogens is 260 g/mol. The Kier molecular flexibility index (Phi) is 4.48. The van der Waals surface area contributed by atoms with E-state index in [4.69, 9.17) is 0 Å². The Bertz CT molecular complexity index is 425. The van der Waals surface area contributed by atoms with Crippen molar-refractivity contribution >= 4 is 18.3 Å². The largest absolute Gasteiger partial charge is 0.351 e. The first-order chi connectivity index (χ1) is 8.81. The average molecular weight is 281 g/mol. The van der Waals surface area contributed by atoms with Crippen molar-refractivity contribution in [2.45, 2.75) is 37.1 Å². The smallest absolute Gasteiger partial charge is 0.230 e. The molecule has 1 saturated carbocycles. The fourth-order valence-corrected chi connectivity index (χ4v) is 2.83. The van der Waals surface area contributed by atoms with Crippen LogP contribution in [0.5, 0.6) is 0 Å². The summed E-state index contributed by atoms with van der Waals surface area (Å²) < 4.78 is 0. The number of carbonyl (C=O) groups excluding carboxylic acids is 1. The van der Waals surface area contributed by atoms with Crippen molar-refractivity contribution < 1.29 is 4.79 Å². The lowest BCUT2D eigenvalue weighted by molar-refractivity contribution is -0.124. The molecule has 0 aromatic heterocycles. The first-order valence-electron chi connectivity index (χ1n) is 6.88. The zero-order chi connectivity index (χ0) is 12.4. The number of amides is 1. The summed E-state index contributed by atoms with van der Waals surface area (Å²) in [6.45, 7) is 1.99. The topological polar surface area (TPSA) is 41.1 Å². The van der Waals surface area contributed by atoms with Crippen molar-refractivity contribution in [3.05, 3.63) is 35.9 Å². The summed E-state index contributed by atoms with van der Waals surface area (Å²) in [5.74, 6) is 0.224. The van der Waals surface area contributed by atoms with E-state index in [1.807, 2.05) is 18.2 Å². The molecule has 1 saturated heterocycles. The summed E-state index contributed by atoms with van der Waals surface area (Å²) >= 11 is 0. The molecule has 3 rings (SSSR count). The van der Waals surface area contributed by atoms with E-state index in [9.17, 15) is 4.79 Å². The molecule has 1 aromatic rings. The Morgan fingerprint density at radius 3 is 2.58 bits per heavy atom. The van der Waals surface area contributed by atoms with Crippen LogP contribution < -0.4 is 10.6 Å². The molecule has 19 heavy (non-hydrogen) atoms. The molecule has 0 bridgehead atoms. The number of piperidine rings is 1. The van der Waals surface area contributed by atoms with Crippen molar-refractivity contribution in [1.82, 2.24) is 10.6 Å². The number of nitrogens with one attached hydrogen (secondary N) is 2. The van der Waals surface area contributed by atoms with E-state index in [1.165, 1.54) is 5.56 Å². The number of hydrogen-bond acceptors (Lipinski definition) is 2. The van der Waals surface area contributed by atoms with E-state index in [0.717, 1.165) is 38.8 Å². The summed E-state index contributed by atoms with van der Waals surface area (Å²) in [6.07, 6.45) is 4.24. The van der Waals surface area contributed by atoms with Crippen molar-refractivity contribution in [3.63, 3.8) is 0 Å². The van der Waals surface area contributed by atoms with Crippen LogP contribution in [0.25, 0.3) is 0 Å². The molecule has 1 amide bonds. The normalized spacial score (nSPS) is 24.1. The van der Waals surface area contributed by atoms with Gasteiger partial charge in [-0.2, -0.15) is 0 Å². The Balaban J connectivity index is 0.00000133. The highest BCUT2D eigenvalue weighted by atomic mass is 35.5. The molecule has 0 radical (unpaired) electrons. The standard InChI is InChI=1S/C15H20N2O.ClH/c18-14(17-13-7-4-10-16-11-13)15(8-9-15)12-5-2-1-3-6-12;/h1-3,5-6,13,16H,4,7-11H2,(H,17,18);1H/t13-;/m0./s1. The molecule has 4 heteroatoms. The summed E-state index contributed by atoms with van der Waals surface area (Å²) in [7, 11) is 0. The molecule has 0 unspecified atom stereocenters. The highest BCUT2D eigenvalue weighted by Gasteiger charge is 2.51. The highest BCUT2D eigenvalue weighted by molar-refractivity contribution is 5.91. The van der Waals surface area contributed by atoms with Gasteiger partial charge in [-0.25, -0.2) is 0 Å². The molecule has 0 spiro atoms. The van der Waals surface area contributed by atoms with E-state index >= 15 is 0 Å². The van der Waals surface area contributed by atoms with E-state index in [0.29, 0.717) is 6.04 Å². The van der Waals surface area contributed by atoms with Gasteiger partial charge in [0.1, 0.15) is 0 Å². The fourth-order valence-electron chi connectivity index (χ4n) is 2.83. The molecule has 1 aliphatic heterocycles. The van der Waals surface area contributed by atoms with Gasteiger partial charge in [0.2, 0.25) is 5.91 Å². The molecule has 104 valence electrons. The zero-order valence-corrected chi connectivity index (χ0v) is 11.8. The average Bonchev–Trinajstić information content (AvgIpc) is 3.22. The van der Waals surface area contributed by atoms with Crippen LogP contribution >= 0.6 is 12.4 Å². The van der Waals surface area contributed by atoms with Gasteiger partial charge in [0.15, 0.2) is 0 Å². The Morgan fingerprint density at radius 1 is 1.26 bits per heavy atom. The molecule has 3 nitrogen and oxygen atoms in total. The molecule has 2 fully saturated rings. The van der Waals surface area contributed by atoms with E-state index < -0.39 is 0 Å². The number of halogens is 1. The second kappa shape index (κ2) is 5.93. The third-order valence-electron chi connectivity index (χ3n) is 4.14. The maximum atomic E-state index is 12.5. The zero-order valence-electron chi connectivity index (χ0n) is 11.0. The van der Waals surface area contributed by atoms with E-state index in [2.05, 4.69) is 22.8 Å². The lowest BCUT2D eigenvalue weighted by Crippen LogP contribution is -2.48. The van der Waals surface area contributed by atoms with Crippen molar-refractivity contribution in [1.29, 1.82) is 0 Å². The Morgan fingerprint density at radius 2 is 2.00 bits per heavy atom. The molecule has 1 aromatic carbocycles. The molecule has 2 aliphatic rings. The molecule has 1 aliphatic carbocycles. The second-order valence-electron chi connectivity index (χ2n) is 5.46. The monoisotopic (exact) mass is 280 g/mol. The van der Waals surface area contributed by atoms with Gasteiger partial charge in [-0.3, -0.25) is 4.79 Å². The number of carbonyl (C=O) groups is 1. The number of hydrogen-bond donors (Lipinski definition) is 2. The summed E-state index contributed by atoms with van der Waals surface area (Å²) in [5.41, 5.74) is 0.949. The minimum Gasteiger partial charge on any atom is -0.351 e. The van der Waals surface area contributed by atoms with Gasteiger partial charge in [-0.1, -0.05) is 30.3 Å². The fraction of sp³-hybridized carbons (Fsp3) is 0.533. The molecule has 1 heterocycles. The van der Waals surface area contributed by atoms with Crippen LogP contribution in [0.3, 0.4) is 0 Å². The van der Waals surface area contributed by atoms with Gasteiger partial charge < -0.3 is 10.6 Å². The third kappa shape index (κ3) is 2.93. The molecule has 1 atom stereocenters. The van der Waals surface area contributed by atoms with Crippen LogP contribution in [0.2, 0.25) is 0 Å². The van der Waals surface area contributed by atoms with Crippen LogP contribution in [0.4, 0.5) is 0 Å². The van der Waals surface area contributed by atoms with Crippen molar-refractivity contribution in [2.24, 2.45) is 0 Å². The molecule has 2 N–H and O–H groups in total. The van der Waals surface area contributed by atoms with Crippen molar-refractivity contribution in [3.8, 4) is 0 Å². The minimum absolute atomic E-state index is 0. The van der Waals surface area contributed by atoms with Gasteiger partial charge >= 0.3 is 0 Å². The van der Waals surface area contributed by atoms with Crippen LogP contribution in [-0.4, -0.2) is 25.0 Å². The quantitative estimate of drug-likeness (QED) is 0.889. The van der Waals surface area contributed by atoms with Gasteiger partial charge in [0, 0.05) is 12.6 Å². The predicted molar refractivity (Wildman–Crippen MR) is 78.6 cm³/mol. The lowest BCUT2D eigenvalue weighted by Gasteiger charge is -2.26. The highest BCUT2D eigenvalue weighted by Crippen LogP contribution is 2.48. The van der Waals surface area contributed by atoms with Crippen LogP contribution in [0.1, 0.15) is 31.2 Å². The van der Waals surface area contributed by atoms with Crippen molar-refractivity contribution in [2.75, 3.05) is 13.1 Å². The van der Waals surface area contributed by atoms with Crippen LogP contribution in [0.15, 0.2) is 30.3 Å². The van der Waals surface area contributed by atoms with E-state index in [-0.39, 0.29) is 23.7 Å². The lowest BCUT2D eigenvalue weighted by atomic mass is 9.94. The van der Waals surface area contributed by atoms with Gasteiger partial charge in [0.25, 0.3) is 0 Å². The second-order valence-corrected chi connectivity index (χ2v) is 5.46. The predicted octanol–water partition coefficient (Wildman–Crippen LogP) is 2.01. The first kappa shape index (κ1) is 14.4. The maximum absolute atomic E-state index is 12.5. The summed E-state index contributed by atoms with van der Waals surface area (Å²) in [4.78, 5) is 12.5. The Hall–Kier alpha value is -1.06. The first-order valence-corrected chi connectivity index (χ1v) is 6.88.